The minimum absolute atomic E-state index is 0.810. The van der Waals surface area contributed by atoms with Gasteiger partial charge in [0.25, 0.3) is 0 Å². The van der Waals surface area contributed by atoms with E-state index in [1.807, 2.05) is 0 Å². The predicted molar refractivity (Wildman–Crippen MR) is 103 cm³/mol. The lowest BCUT2D eigenvalue weighted by Gasteiger charge is -2.27. The van der Waals surface area contributed by atoms with Gasteiger partial charge in [-0.2, -0.15) is 0 Å². The van der Waals surface area contributed by atoms with Crippen molar-refractivity contribution in [2.45, 2.75) is 26.8 Å². The van der Waals surface area contributed by atoms with E-state index in [4.69, 9.17) is 14.7 Å². The van der Waals surface area contributed by atoms with Crippen LogP contribution < -0.4 is 10.2 Å². The quantitative estimate of drug-likeness (QED) is 0.902. The molecule has 0 radical (unpaired) electrons. The van der Waals surface area contributed by atoms with Crippen molar-refractivity contribution in [3.05, 3.63) is 16.3 Å². The Bertz CT molecular complexity index is 733. The SMILES string of the molecule is Cc1sc2nc(CN3CCOCC3)nc(N3CCCNCC3)c2c1C. The highest BCUT2D eigenvalue weighted by atomic mass is 32.1. The summed E-state index contributed by atoms with van der Waals surface area (Å²) in [5.41, 5.74) is 1.34. The zero-order valence-electron chi connectivity index (χ0n) is 15.2. The standard InChI is InChI=1S/C18H27N5OS/c1-13-14(2)25-18-16(13)17(23-6-3-4-19-5-7-23)20-15(21-18)12-22-8-10-24-11-9-22/h19H,3-12H2,1-2H3. The van der Waals surface area contributed by atoms with Crippen LogP contribution in [0.3, 0.4) is 0 Å². The van der Waals surface area contributed by atoms with Crippen molar-refractivity contribution >= 4 is 27.4 Å². The maximum Gasteiger partial charge on any atom is 0.146 e. The lowest BCUT2D eigenvalue weighted by molar-refractivity contribution is 0.0331. The van der Waals surface area contributed by atoms with Gasteiger partial charge >= 0.3 is 0 Å². The maximum atomic E-state index is 5.46. The lowest BCUT2D eigenvalue weighted by atomic mass is 10.2. The molecule has 2 fully saturated rings. The van der Waals surface area contributed by atoms with Crippen LogP contribution in [-0.4, -0.2) is 67.4 Å². The highest BCUT2D eigenvalue weighted by Gasteiger charge is 2.21. The third-order valence-corrected chi connectivity index (χ3v) is 6.27. The van der Waals surface area contributed by atoms with Gasteiger partial charge in [0.05, 0.1) is 25.1 Å². The van der Waals surface area contributed by atoms with Crippen LogP contribution in [0.1, 0.15) is 22.7 Å². The molecule has 25 heavy (non-hydrogen) atoms. The van der Waals surface area contributed by atoms with Crippen LogP contribution in [0.5, 0.6) is 0 Å². The number of ether oxygens (including phenoxy) is 1. The summed E-state index contributed by atoms with van der Waals surface area (Å²) in [6.45, 7) is 12.9. The highest BCUT2D eigenvalue weighted by molar-refractivity contribution is 7.18. The number of anilines is 1. The first-order chi connectivity index (χ1) is 12.2. The van der Waals surface area contributed by atoms with Crippen LogP contribution in [0.4, 0.5) is 5.82 Å². The minimum atomic E-state index is 0.810. The van der Waals surface area contributed by atoms with E-state index in [0.29, 0.717) is 0 Å². The highest BCUT2D eigenvalue weighted by Crippen LogP contribution is 2.35. The van der Waals surface area contributed by atoms with Crippen molar-refractivity contribution in [3.63, 3.8) is 0 Å². The molecule has 4 rings (SSSR count). The average Bonchev–Trinajstić information content (AvgIpc) is 2.82. The van der Waals surface area contributed by atoms with Crippen molar-refractivity contribution in [3.8, 4) is 0 Å². The summed E-state index contributed by atoms with van der Waals surface area (Å²) in [6.07, 6.45) is 1.16. The van der Waals surface area contributed by atoms with Gasteiger partial charge in [0.15, 0.2) is 0 Å². The molecule has 0 aromatic carbocycles. The predicted octanol–water partition coefficient (Wildman–Crippen LogP) is 1.94. The van der Waals surface area contributed by atoms with Crippen LogP contribution in [-0.2, 0) is 11.3 Å². The molecule has 1 N–H and O–H groups in total. The summed E-state index contributed by atoms with van der Waals surface area (Å²) < 4.78 is 5.46. The molecule has 0 unspecified atom stereocenters. The number of fused-ring (bicyclic) bond motifs is 1. The first-order valence-electron chi connectivity index (χ1n) is 9.25. The van der Waals surface area contributed by atoms with E-state index in [-0.39, 0.29) is 0 Å². The fraction of sp³-hybridized carbons (Fsp3) is 0.667. The first-order valence-corrected chi connectivity index (χ1v) is 10.1. The number of nitrogens with zero attached hydrogens (tertiary/aromatic N) is 4. The van der Waals surface area contributed by atoms with Crippen molar-refractivity contribution in [1.29, 1.82) is 0 Å². The topological polar surface area (TPSA) is 53.5 Å². The Hall–Kier alpha value is -1.28. The molecule has 2 saturated heterocycles. The van der Waals surface area contributed by atoms with Crippen LogP contribution in [0.2, 0.25) is 0 Å². The number of morpholine rings is 1. The molecule has 136 valence electrons. The van der Waals surface area contributed by atoms with E-state index in [1.165, 1.54) is 15.8 Å². The number of rotatable bonds is 3. The van der Waals surface area contributed by atoms with Crippen LogP contribution in [0.25, 0.3) is 10.2 Å². The van der Waals surface area contributed by atoms with Gasteiger partial charge in [-0.05, 0) is 32.4 Å². The van der Waals surface area contributed by atoms with Gasteiger partial charge < -0.3 is 15.0 Å². The van der Waals surface area contributed by atoms with Crippen molar-refractivity contribution < 1.29 is 4.74 Å². The number of aromatic nitrogens is 2. The Kier molecular flexibility index (Phi) is 5.17. The zero-order chi connectivity index (χ0) is 17.2. The maximum absolute atomic E-state index is 5.46. The molecule has 2 aromatic rings. The summed E-state index contributed by atoms with van der Waals surface area (Å²) in [5, 5.41) is 4.75. The molecular weight excluding hydrogens is 334 g/mol. The summed E-state index contributed by atoms with van der Waals surface area (Å²) in [4.78, 5) is 17.3. The van der Waals surface area contributed by atoms with Gasteiger partial charge in [-0.3, -0.25) is 4.90 Å². The molecule has 4 heterocycles. The Morgan fingerprint density at radius 2 is 1.92 bits per heavy atom. The zero-order valence-corrected chi connectivity index (χ0v) is 16.0. The molecule has 0 spiro atoms. The van der Waals surface area contributed by atoms with Crippen LogP contribution >= 0.6 is 11.3 Å². The largest absolute Gasteiger partial charge is 0.379 e. The second kappa shape index (κ2) is 7.53. The van der Waals surface area contributed by atoms with Gasteiger partial charge in [-0.15, -0.1) is 11.3 Å². The second-order valence-electron chi connectivity index (χ2n) is 6.91. The number of nitrogens with one attached hydrogen (secondary N) is 1. The molecule has 0 aliphatic carbocycles. The monoisotopic (exact) mass is 361 g/mol. The van der Waals surface area contributed by atoms with E-state index in [1.54, 1.807) is 11.3 Å². The molecule has 2 aliphatic heterocycles. The van der Waals surface area contributed by atoms with E-state index in [0.717, 1.165) is 81.9 Å². The molecule has 0 saturated carbocycles. The van der Waals surface area contributed by atoms with Gasteiger partial charge in [0.2, 0.25) is 0 Å². The Labute approximate surface area is 153 Å². The Morgan fingerprint density at radius 3 is 2.76 bits per heavy atom. The van der Waals surface area contributed by atoms with Gasteiger partial charge in [-0.25, -0.2) is 9.97 Å². The molecule has 2 aromatic heterocycles. The Balaban J connectivity index is 1.72. The Morgan fingerprint density at radius 1 is 1.08 bits per heavy atom. The number of hydrogen-bond donors (Lipinski definition) is 1. The minimum Gasteiger partial charge on any atom is -0.379 e. The smallest absolute Gasteiger partial charge is 0.146 e. The van der Waals surface area contributed by atoms with Crippen molar-refractivity contribution in [2.24, 2.45) is 0 Å². The molecule has 0 atom stereocenters. The number of thiophene rings is 1. The average molecular weight is 362 g/mol. The summed E-state index contributed by atoms with van der Waals surface area (Å²) >= 11 is 1.80. The summed E-state index contributed by atoms with van der Waals surface area (Å²) in [5.74, 6) is 2.08. The normalized spacial score (nSPS) is 20.2. The molecule has 2 aliphatic rings. The third-order valence-electron chi connectivity index (χ3n) is 5.16. The molecule has 6 nitrogen and oxygen atoms in total. The van der Waals surface area contributed by atoms with E-state index >= 15 is 0 Å². The summed E-state index contributed by atoms with van der Waals surface area (Å²) in [6, 6.07) is 0. The van der Waals surface area contributed by atoms with Gasteiger partial charge in [-0.1, -0.05) is 0 Å². The second-order valence-corrected chi connectivity index (χ2v) is 8.11. The van der Waals surface area contributed by atoms with Crippen molar-refractivity contribution in [1.82, 2.24) is 20.2 Å². The van der Waals surface area contributed by atoms with Crippen LogP contribution in [0.15, 0.2) is 0 Å². The van der Waals surface area contributed by atoms with Crippen molar-refractivity contribution in [2.75, 3.05) is 57.4 Å². The molecule has 7 heteroatoms. The number of hydrogen-bond acceptors (Lipinski definition) is 7. The number of aryl methyl sites for hydroxylation is 2. The first kappa shape index (κ1) is 17.1. The fourth-order valence-electron chi connectivity index (χ4n) is 3.59. The molecule has 0 amide bonds. The van der Waals surface area contributed by atoms with Gasteiger partial charge in [0, 0.05) is 37.6 Å². The van der Waals surface area contributed by atoms with E-state index < -0.39 is 0 Å². The molecular formula is C18H27N5OS. The summed E-state index contributed by atoms with van der Waals surface area (Å²) in [7, 11) is 0. The van der Waals surface area contributed by atoms with Gasteiger partial charge in [0.1, 0.15) is 16.5 Å². The third kappa shape index (κ3) is 3.65. The van der Waals surface area contributed by atoms with E-state index in [2.05, 4.69) is 29.0 Å². The van der Waals surface area contributed by atoms with Crippen LogP contribution in [0, 0.1) is 13.8 Å². The van der Waals surface area contributed by atoms with E-state index in [9.17, 15) is 0 Å². The molecule has 0 bridgehead atoms. The lowest BCUT2D eigenvalue weighted by Crippen LogP contribution is -2.36. The fourth-order valence-corrected chi connectivity index (χ4v) is 4.63.